The molecule has 152 valence electrons. The summed E-state index contributed by atoms with van der Waals surface area (Å²) in [5.41, 5.74) is 10.1. The Labute approximate surface area is 183 Å². The van der Waals surface area contributed by atoms with Crippen LogP contribution in [0.4, 0.5) is 5.00 Å². The average Bonchev–Trinajstić information content (AvgIpc) is 3.21. The summed E-state index contributed by atoms with van der Waals surface area (Å²) < 4.78 is 1.07. The summed E-state index contributed by atoms with van der Waals surface area (Å²) in [6.45, 7) is 5.83. The van der Waals surface area contributed by atoms with Gasteiger partial charge in [-0.05, 0) is 55.3 Å². The van der Waals surface area contributed by atoms with Crippen molar-refractivity contribution in [3.63, 3.8) is 0 Å². The van der Waals surface area contributed by atoms with E-state index in [1.54, 1.807) is 0 Å². The third-order valence-electron chi connectivity index (χ3n) is 5.26. The lowest BCUT2D eigenvalue weighted by Gasteiger charge is -2.08. The number of nitrogens with two attached hydrogens (primary N) is 1. The van der Waals surface area contributed by atoms with Crippen molar-refractivity contribution in [1.82, 2.24) is 0 Å². The monoisotopic (exact) mass is 434 g/mol. The van der Waals surface area contributed by atoms with E-state index in [-0.39, 0.29) is 5.91 Å². The molecule has 0 bridgehead atoms. The Morgan fingerprint density at radius 3 is 2.37 bits per heavy atom. The first-order chi connectivity index (χ1) is 14.3. The van der Waals surface area contributed by atoms with Crippen LogP contribution in [0.3, 0.4) is 0 Å². The Hall–Kier alpha value is -2.96. The molecule has 4 aromatic rings. The zero-order valence-corrected chi connectivity index (χ0v) is 18.7. The van der Waals surface area contributed by atoms with Gasteiger partial charge in [0, 0.05) is 9.58 Å². The number of nitrogens with one attached hydrogen (secondary N) is 1. The van der Waals surface area contributed by atoms with E-state index in [1.165, 1.54) is 28.2 Å². The molecule has 0 fully saturated rings. The van der Waals surface area contributed by atoms with Crippen LogP contribution in [0.5, 0.6) is 0 Å². The maximum Gasteiger partial charge on any atom is 0.266 e. The molecule has 0 unspecified atom stereocenters. The van der Waals surface area contributed by atoms with Crippen molar-refractivity contribution in [3.05, 3.63) is 86.1 Å². The zero-order valence-electron chi connectivity index (χ0n) is 17.0. The van der Waals surface area contributed by atoms with E-state index < -0.39 is 5.91 Å². The van der Waals surface area contributed by atoms with E-state index in [0.29, 0.717) is 21.9 Å². The highest BCUT2D eigenvalue weighted by Crippen LogP contribution is 2.36. The Morgan fingerprint density at radius 2 is 1.67 bits per heavy atom. The number of carbonyl (C=O) groups excluding carboxylic acids is 2. The van der Waals surface area contributed by atoms with Gasteiger partial charge >= 0.3 is 0 Å². The Morgan fingerprint density at radius 1 is 0.967 bits per heavy atom. The van der Waals surface area contributed by atoms with Gasteiger partial charge in [0.25, 0.3) is 11.8 Å². The number of aryl methyl sites for hydroxylation is 2. The van der Waals surface area contributed by atoms with Crippen LogP contribution >= 0.6 is 22.7 Å². The van der Waals surface area contributed by atoms with Crippen LogP contribution in [0, 0.1) is 20.8 Å². The van der Waals surface area contributed by atoms with Crippen LogP contribution in [0.2, 0.25) is 0 Å². The summed E-state index contributed by atoms with van der Waals surface area (Å²) in [6.07, 6.45) is 0.665. The maximum absolute atomic E-state index is 13.3. The van der Waals surface area contributed by atoms with E-state index in [9.17, 15) is 9.59 Å². The molecule has 2 heterocycles. The van der Waals surface area contributed by atoms with Gasteiger partial charge in [0.2, 0.25) is 0 Å². The second kappa shape index (κ2) is 8.05. The lowest BCUT2D eigenvalue weighted by Crippen LogP contribution is -2.17. The summed E-state index contributed by atoms with van der Waals surface area (Å²) >= 11 is 2.86. The Balaban J connectivity index is 1.75. The molecule has 2 aromatic carbocycles. The van der Waals surface area contributed by atoms with Crippen molar-refractivity contribution >= 4 is 49.6 Å². The predicted molar refractivity (Wildman–Crippen MR) is 126 cm³/mol. The van der Waals surface area contributed by atoms with E-state index >= 15 is 0 Å². The average molecular weight is 435 g/mol. The number of carbonyl (C=O) groups is 2. The highest BCUT2D eigenvalue weighted by atomic mass is 32.1. The molecule has 0 aliphatic carbocycles. The minimum Gasteiger partial charge on any atom is -0.365 e. The minimum atomic E-state index is -0.525. The third-order valence-corrected chi connectivity index (χ3v) is 7.60. The van der Waals surface area contributed by atoms with Crippen molar-refractivity contribution in [2.75, 3.05) is 5.32 Å². The number of fused-ring (bicyclic) bond motifs is 1. The number of thiophene rings is 2. The molecule has 4 rings (SSSR count). The molecule has 3 N–H and O–H groups in total. The molecule has 4 nitrogen and oxygen atoms in total. The van der Waals surface area contributed by atoms with Gasteiger partial charge in [-0.15, -0.1) is 22.7 Å². The van der Waals surface area contributed by atoms with Gasteiger partial charge in [-0.25, -0.2) is 0 Å². The summed E-state index contributed by atoms with van der Waals surface area (Å²) in [4.78, 5) is 26.9. The molecule has 0 aliphatic rings. The van der Waals surface area contributed by atoms with E-state index in [4.69, 9.17) is 5.73 Å². The number of benzene rings is 2. The van der Waals surface area contributed by atoms with Crippen molar-refractivity contribution in [2.45, 2.75) is 27.2 Å². The second-order valence-electron chi connectivity index (χ2n) is 7.37. The molecule has 0 radical (unpaired) electrons. The molecular formula is C24H22N2O2S2. The van der Waals surface area contributed by atoms with E-state index in [1.807, 2.05) is 32.0 Å². The van der Waals surface area contributed by atoms with Gasteiger partial charge < -0.3 is 11.1 Å². The summed E-state index contributed by atoms with van der Waals surface area (Å²) in [5.74, 6) is -0.731. The maximum atomic E-state index is 13.3. The summed E-state index contributed by atoms with van der Waals surface area (Å²) in [5, 5.41) is 4.56. The topological polar surface area (TPSA) is 72.2 Å². The Kier molecular flexibility index (Phi) is 5.45. The van der Waals surface area contributed by atoms with Crippen LogP contribution in [-0.2, 0) is 6.42 Å². The lowest BCUT2D eigenvalue weighted by atomic mass is 10.0. The van der Waals surface area contributed by atoms with Crippen LogP contribution in [0.15, 0.2) is 48.5 Å². The van der Waals surface area contributed by atoms with Crippen molar-refractivity contribution < 1.29 is 9.59 Å². The molecule has 0 atom stereocenters. The third kappa shape index (κ3) is 3.76. The highest BCUT2D eigenvalue weighted by Gasteiger charge is 2.23. The van der Waals surface area contributed by atoms with Crippen LogP contribution in [-0.4, -0.2) is 11.8 Å². The Bertz CT molecular complexity index is 1270. The molecule has 0 saturated carbocycles. The largest absolute Gasteiger partial charge is 0.365 e. The minimum absolute atomic E-state index is 0.206. The summed E-state index contributed by atoms with van der Waals surface area (Å²) in [7, 11) is 0. The molecule has 0 aliphatic heterocycles. The van der Waals surface area contributed by atoms with Crippen LogP contribution < -0.4 is 11.1 Å². The first-order valence-corrected chi connectivity index (χ1v) is 11.3. The van der Waals surface area contributed by atoms with Crippen molar-refractivity contribution in [3.8, 4) is 0 Å². The number of rotatable bonds is 5. The van der Waals surface area contributed by atoms with Gasteiger partial charge in [0.15, 0.2) is 0 Å². The first-order valence-electron chi connectivity index (χ1n) is 9.62. The van der Waals surface area contributed by atoms with Gasteiger partial charge in [0.1, 0.15) is 5.00 Å². The van der Waals surface area contributed by atoms with Gasteiger partial charge in [-0.1, -0.05) is 48.0 Å². The van der Waals surface area contributed by atoms with Gasteiger partial charge in [0.05, 0.1) is 10.4 Å². The zero-order chi connectivity index (χ0) is 21.4. The molecule has 30 heavy (non-hydrogen) atoms. The molecule has 0 saturated heterocycles. The fraction of sp³-hybridized carbons (Fsp3) is 0.167. The molecular weight excluding hydrogens is 412 g/mol. The van der Waals surface area contributed by atoms with Crippen molar-refractivity contribution in [1.29, 1.82) is 0 Å². The number of hydrogen-bond acceptors (Lipinski definition) is 4. The highest BCUT2D eigenvalue weighted by molar-refractivity contribution is 7.21. The molecule has 2 amide bonds. The summed E-state index contributed by atoms with van der Waals surface area (Å²) in [6, 6.07) is 16.4. The van der Waals surface area contributed by atoms with Gasteiger partial charge in [-0.2, -0.15) is 0 Å². The number of hydrogen-bond donors (Lipinski definition) is 2. The SMILES string of the molecule is Cc1ccc(Cc2c(C(=O)Nc3sc(C)c(C)c3C(N)=O)sc3ccccc23)cc1. The number of primary amides is 1. The quantitative estimate of drug-likeness (QED) is 0.415. The predicted octanol–water partition coefficient (Wildman–Crippen LogP) is 5.83. The number of anilines is 1. The van der Waals surface area contributed by atoms with E-state index in [0.717, 1.165) is 31.7 Å². The van der Waals surface area contributed by atoms with E-state index in [2.05, 4.69) is 42.6 Å². The molecule has 0 spiro atoms. The van der Waals surface area contributed by atoms with Gasteiger partial charge in [-0.3, -0.25) is 9.59 Å². The molecule has 2 aromatic heterocycles. The molecule has 6 heteroatoms. The van der Waals surface area contributed by atoms with Crippen molar-refractivity contribution in [2.24, 2.45) is 5.73 Å². The second-order valence-corrected chi connectivity index (χ2v) is 9.65. The first kappa shape index (κ1) is 20.3. The number of amides is 2. The normalized spacial score (nSPS) is 11.0. The smallest absolute Gasteiger partial charge is 0.266 e. The lowest BCUT2D eigenvalue weighted by molar-refractivity contribution is 0.100. The standard InChI is InChI=1S/C24H22N2O2S2/c1-13-8-10-16(11-9-13)12-18-17-6-4-5-7-19(17)30-21(18)23(28)26-24-20(22(25)27)14(2)15(3)29-24/h4-11H,12H2,1-3H3,(H2,25,27)(H,26,28). The van der Waals surface area contributed by atoms with Crippen LogP contribution in [0.1, 0.15) is 47.2 Å². The fourth-order valence-corrected chi connectivity index (χ4v) is 5.72. The van der Waals surface area contributed by atoms with Crippen LogP contribution in [0.25, 0.3) is 10.1 Å². The fourth-order valence-electron chi connectivity index (χ4n) is 3.54.